The summed E-state index contributed by atoms with van der Waals surface area (Å²) in [6, 6.07) is 0. The molecule has 24 valence electrons. The molecule has 0 fully saturated rings. The molecular weight excluding hydrogens is 108 g/mol. The minimum atomic E-state index is -2.00. The van der Waals surface area contributed by atoms with E-state index in [1.807, 2.05) is 0 Å². The molecule has 0 aliphatic carbocycles. The first-order valence-corrected chi connectivity index (χ1v) is 1.68. The summed E-state index contributed by atoms with van der Waals surface area (Å²) in [5, 5.41) is 0. The Morgan fingerprint density at radius 2 is 1.25 bits per heavy atom. The Hall–Kier alpha value is 0.531. The van der Waals surface area contributed by atoms with Gasteiger partial charge >= 0.3 is 25.7 Å². The van der Waals surface area contributed by atoms with Crippen LogP contribution in [0.25, 0.3) is 0 Å². The molecule has 0 N–H and O–H groups in total. The molecule has 0 aromatic heterocycles. The van der Waals surface area contributed by atoms with E-state index < -0.39 is 19.1 Å². The van der Waals surface area contributed by atoms with E-state index in [-0.39, 0.29) is 11.0 Å². The van der Waals surface area contributed by atoms with Crippen LogP contribution in [-0.2, 0) is 25.7 Å². The van der Waals surface area contributed by atoms with E-state index in [4.69, 9.17) is 6.65 Å². The van der Waals surface area contributed by atoms with Crippen molar-refractivity contribution in [1.29, 1.82) is 0 Å². The van der Waals surface area contributed by atoms with Gasteiger partial charge in [-0.05, 0) is 11.0 Å². The summed E-state index contributed by atoms with van der Waals surface area (Å²) >= 11 is -2.00. The quantitative estimate of drug-likeness (QED) is 0.350. The van der Waals surface area contributed by atoms with Crippen molar-refractivity contribution in [2.24, 2.45) is 0 Å². The van der Waals surface area contributed by atoms with Gasteiger partial charge in [-0.15, -0.1) is 0 Å². The van der Waals surface area contributed by atoms with Crippen molar-refractivity contribution in [1.82, 2.24) is 0 Å². The molecule has 0 aromatic rings. The van der Waals surface area contributed by atoms with E-state index in [0.717, 1.165) is 0 Å². The third-order valence-electron chi connectivity index (χ3n) is 0. The van der Waals surface area contributed by atoms with E-state index in [0.29, 0.717) is 0 Å². The Morgan fingerprint density at radius 3 is 1.25 bits per heavy atom. The maximum absolute atomic E-state index is 8.50. The SMILES string of the molecule is [O]=[Ti]=[O].[SiH4]. The molecule has 0 saturated heterocycles. The maximum Gasteiger partial charge on any atom is -0.0149 e. The summed E-state index contributed by atoms with van der Waals surface area (Å²) in [7, 11) is 0. The number of rotatable bonds is 0. The van der Waals surface area contributed by atoms with Crippen LogP contribution in [0.4, 0.5) is 0 Å². The number of hydrogen-bond acceptors (Lipinski definition) is 2. The van der Waals surface area contributed by atoms with Gasteiger partial charge in [-0.3, -0.25) is 0 Å². The van der Waals surface area contributed by atoms with Crippen molar-refractivity contribution in [2.45, 2.75) is 0 Å². The van der Waals surface area contributed by atoms with Gasteiger partial charge in [0.2, 0.25) is 0 Å². The van der Waals surface area contributed by atoms with E-state index in [2.05, 4.69) is 0 Å². The van der Waals surface area contributed by atoms with Crippen molar-refractivity contribution in [3.8, 4) is 0 Å². The fourth-order valence-electron chi connectivity index (χ4n) is 0. The zero-order valence-electron chi connectivity index (χ0n) is 1.32. The molecule has 0 spiro atoms. The Morgan fingerprint density at radius 1 is 1.25 bits per heavy atom. The predicted molar refractivity (Wildman–Crippen MR) is 12.7 cm³/mol. The van der Waals surface area contributed by atoms with Crippen LogP contribution in [-0.4, -0.2) is 11.0 Å². The smallest absolute Gasteiger partial charge is 0.0149 e. The van der Waals surface area contributed by atoms with Gasteiger partial charge in [0.25, 0.3) is 0 Å². The van der Waals surface area contributed by atoms with Crippen molar-refractivity contribution in [2.75, 3.05) is 0 Å². The van der Waals surface area contributed by atoms with Gasteiger partial charge in [0.15, 0.2) is 0 Å². The van der Waals surface area contributed by atoms with Crippen LogP contribution in [0.3, 0.4) is 0 Å². The normalized spacial score (nSPS) is 2.00. The Balaban J connectivity index is 0. The van der Waals surface area contributed by atoms with Gasteiger partial charge < -0.3 is 0 Å². The molecule has 0 heterocycles. The Labute approximate surface area is 37.2 Å². The minimum Gasteiger partial charge on any atom is -0.0149 e. The van der Waals surface area contributed by atoms with Crippen molar-refractivity contribution < 1.29 is 25.7 Å². The first-order valence-electron chi connectivity index (χ1n) is 0.408. The zero-order chi connectivity index (χ0) is 2.71. The summed E-state index contributed by atoms with van der Waals surface area (Å²) in [4.78, 5) is 0. The second-order valence-corrected chi connectivity index (χ2v) is 0.344. The topological polar surface area (TPSA) is 34.1 Å². The van der Waals surface area contributed by atoms with Gasteiger partial charge in [-0.1, -0.05) is 0 Å². The largest absolute Gasteiger partial charge is 0.0149 e. The van der Waals surface area contributed by atoms with Crippen LogP contribution >= 0.6 is 0 Å². The first kappa shape index (κ1) is 8.82. The van der Waals surface area contributed by atoms with Crippen LogP contribution in [0, 0.1) is 0 Å². The third-order valence-corrected chi connectivity index (χ3v) is 0. The summed E-state index contributed by atoms with van der Waals surface area (Å²) in [5.41, 5.74) is 0. The van der Waals surface area contributed by atoms with E-state index in [1.165, 1.54) is 0 Å². The third kappa shape index (κ3) is 21.0. The molecule has 0 aliphatic heterocycles. The van der Waals surface area contributed by atoms with Crippen molar-refractivity contribution in [3.05, 3.63) is 0 Å². The zero-order valence-corrected chi connectivity index (χ0v) is 2.88. The summed E-state index contributed by atoms with van der Waals surface area (Å²) < 4.78 is 17.0. The molecule has 0 rings (SSSR count). The molecule has 0 radical (unpaired) electrons. The Bertz CT molecular complexity index is 27.0. The second-order valence-electron chi connectivity index (χ2n) is 0.0833. The fourth-order valence-corrected chi connectivity index (χ4v) is 0. The predicted octanol–water partition coefficient (Wildman–Crippen LogP) is -1.69. The molecular formula is H4O2SiTi. The van der Waals surface area contributed by atoms with E-state index >= 15 is 0 Å². The fraction of sp³-hybridized carbons (Fsp3) is 0. The molecule has 0 aliphatic rings. The van der Waals surface area contributed by atoms with E-state index in [9.17, 15) is 0 Å². The molecule has 0 unspecified atom stereocenters. The van der Waals surface area contributed by atoms with Crippen molar-refractivity contribution in [3.63, 3.8) is 0 Å². The molecule has 0 bridgehead atoms. The summed E-state index contributed by atoms with van der Waals surface area (Å²) in [6.07, 6.45) is 0. The molecule has 4 heteroatoms. The van der Waals surface area contributed by atoms with Gasteiger partial charge in [-0.2, -0.15) is 0 Å². The molecule has 0 saturated carbocycles. The van der Waals surface area contributed by atoms with Crippen molar-refractivity contribution >= 4 is 11.0 Å². The van der Waals surface area contributed by atoms with E-state index in [1.54, 1.807) is 0 Å². The average molecular weight is 112 g/mol. The van der Waals surface area contributed by atoms with Gasteiger partial charge in [-0.25, -0.2) is 0 Å². The van der Waals surface area contributed by atoms with Gasteiger partial charge in [0, 0.05) is 0 Å². The Kier molecular flexibility index (Phi) is 21.3. The van der Waals surface area contributed by atoms with Crippen LogP contribution in [0.5, 0.6) is 0 Å². The monoisotopic (exact) mass is 112 g/mol. The van der Waals surface area contributed by atoms with Crippen LogP contribution in [0.1, 0.15) is 0 Å². The summed E-state index contributed by atoms with van der Waals surface area (Å²) in [5.74, 6) is 0. The molecule has 0 atom stereocenters. The average Bonchev–Trinajstić information content (AvgIpc) is 0.918. The van der Waals surface area contributed by atoms with Crippen LogP contribution in [0.15, 0.2) is 0 Å². The standard InChI is InChI=1S/2O.H4Si.Ti/h;;1H4;. The maximum atomic E-state index is 8.50. The first-order chi connectivity index (χ1) is 1.41. The molecule has 0 amide bonds. The number of hydrogen-bond donors (Lipinski definition) is 0. The second kappa shape index (κ2) is 9.65. The van der Waals surface area contributed by atoms with Crippen LogP contribution in [0.2, 0.25) is 0 Å². The summed E-state index contributed by atoms with van der Waals surface area (Å²) in [6.45, 7) is 0. The van der Waals surface area contributed by atoms with Gasteiger partial charge in [0.05, 0.1) is 0 Å². The van der Waals surface area contributed by atoms with Crippen LogP contribution < -0.4 is 0 Å². The minimum absolute atomic E-state index is 0. The molecule has 0 aromatic carbocycles. The van der Waals surface area contributed by atoms with Gasteiger partial charge in [0.1, 0.15) is 0 Å². The molecule has 4 heavy (non-hydrogen) atoms. The molecule has 2 nitrogen and oxygen atoms in total.